The molecule has 0 saturated carbocycles. The van der Waals surface area contributed by atoms with Gasteiger partial charge in [-0.1, -0.05) is 276 Å². The van der Waals surface area contributed by atoms with Gasteiger partial charge in [-0.05, 0) is 58.7 Å². The van der Waals surface area contributed by atoms with Crippen LogP contribution in [0, 0.1) is 0 Å². The summed E-state index contributed by atoms with van der Waals surface area (Å²) in [5, 5.41) is 28.8. The van der Waals surface area contributed by atoms with E-state index in [1.54, 1.807) is 6.08 Å². The molecule has 75 heavy (non-hydrogen) atoms. The van der Waals surface area contributed by atoms with E-state index in [4.69, 9.17) is 9.47 Å². The average Bonchev–Trinajstić information content (AvgIpc) is 3.40. The van der Waals surface area contributed by atoms with Gasteiger partial charge in [0.1, 0.15) is 0 Å². The molecule has 0 aliphatic rings. The quantitative estimate of drug-likeness (QED) is 0.0205. The Morgan fingerprint density at radius 1 is 0.440 bits per heavy atom. The predicted molar refractivity (Wildman–Crippen MR) is 327 cm³/mol. The van der Waals surface area contributed by atoms with E-state index in [1.165, 1.54) is 218 Å². The number of aliphatic hydroxyl groups excluding tert-OH is 2. The normalized spacial score (nSPS) is 13.0. The topological polar surface area (TPSA) is 107 Å². The molecule has 0 spiro atoms. The van der Waals surface area contributed by atoms with Crippen LogP contribution in [0.4, 0.5) is 0 Å². The molecule has 0 amide bonds. The number of rotatable bonds is 63. The third-order valence-electron chi connectivity index (χ3n) is 14.8. The van der Waals surface area contributed by atoms with E-state index < -0.39 is 12.2 Å². The van der Waals surface area contributed by atoms with E-state index in [0.29, 0.717) is 45.9 Å². The van der Waals surface area contributed by atoms with Gasteiger partial charge in [0.05, 0.1) is 25.4 Å². The van der Waals surface area contributed by atoms with Crippen LogP contribution in [0.25, 0.3) is 0 Å². The number of nitrogens with zero attached hydrogens (tertiary/aromatic N) is 2. The highest BCUT2D eigenvalue weighted by Crippen LogP contribution is 2.16. The van der Waals surface area contributed by atoms with Crippen LogP contribution in [-0.2, 0) is 14.3 Å². The summed E-state index contributed by atoms with van der Waals surface area (Å²) in [6.07, 6.45) is 63.7. The first-order valence-corrected chi connectivity index (χ1v) is 32.9. The van der Waals surface area contributed by atoms with Crippen molar-refractivity contribution in [1.29, 1.82) is 0 Å². The maximum Gasteiger partial charge on any atom is 0.330 e. The van der Waals surface area contributed by atoms with Crippen molar-refractivity contribution in [2.24, 2.45) is 0 Å². The first-order valence-electron chi connectivity index (χ1n) is 32.9. The molecule has 444 valence electrons. The lowest BCUT2D eigenvalue weighted by molar-refractivity contribution is -0.137. The van der Waals surface area contributed by atoms with Crippen LogP contribution in [0.2, 0.25) is 0 Å². The fourth-order valence-electron chi connectivity index (χ4n) is 10.0. The molecular weight excluding hydrogens is 929 g/mol. The number of esters is 1. The Morgan fingerprint density at radius 3 is 1.32 bits per heavy atom. The van der Waals surface area contributed by atoms with E-state index in [2.05, 4.69) is 59.4 Å². The fourth-order valence-corrected chi connectivity index (χ4v) is 10.0. The number of unbranched alkanes of at least 4 members (excludes halogenated alkanes) is 36. The van der Waals surface area contributed by atoms with Crippen LogP contribution in [0.5, 0.6) is 0 Å². The fraction of sp³-hybridized carbons (Fsp3) is 0.894. The standard InChI is InChI=1S/C66H130N4O5/c1-5-9-13-16-19-22-25-28-31-34-37-40-46-57-74-58-48-43-52-68-61-64(71)60-67-51-42-45-55-70(54-44-39-36-33-30-27-24-21-18-15-11-7-3)63-65(72)62-69(53-12-8-4)56-49-50-66(73)75-59-47-41-38-35-32-29-26-23-20-17-14-10-6-2/h8,12,43,48-50,64-65,67-68,71-72H,5-7,9-11,13-42,44-47,51-63H2,1-4H3/b12-8+,48-43+,50-49+. The van der Waals surface area contributed by atoms with Crippen LogP contribution in [0.15, 0.2) is 36.5 Å². The molecule has 0 bridgehead atoms. The third-order valence-corrected chi connectivity index (χ3v) is 14.8. The number of carbonyl (C=O) groups excluding carboxylic acids is 1. The summed E-state index contributed by atoms with van der Waals surface area (Å²) >= 11 is 0. The van der Waals surface area contributed by atoms with Crippen LogP contribution in [-0.4, -0.2) is 123 Å². The highest BCUT2D eigenvalue weighted by molar-refractivity contribution is 5.81. The van der Waals surface area contributed by atoms with Crippen molar-refractivity contribution in [3.05, 3.63) is 36.5 Å². The van der Waals surface area contributed by atoms with Gasteiger partial charge in [-0.2, -0.15) is 0 Å². The van der Waals surface area contributed by atoms with Crippen molar-refractivity contribution >= 4 is 5.97 Å². The Balaban J connectivity index is 4.51. The zero-order chi connectivity index (χ0) is 54.4. The number of aliphatic hydroxyl groups is 2. The maximum atomic E-state index is 12.5. The van der Waals surface area contributed by atoms with Crippen LogP contribution < -0.4 is 10.6 Å². The van der Waals surface area contributed by atoms with Gasteiger partial charge in [0, 0.05) is 58.5 Å². The number of carbonyl (C=O) groups is 1. The van der Waals surface area contributed by atoms with Crippen molar-refractivity contribution in [1.82, 2.24) is 20.4 Å². The number of ether oxygens (including phenoxy) is 2. The molecule has 0 rings (SSSR count). The Hall–Kier alpha value is -1.59. The molecular formula is C66H130N4O5. The second-order valence-corrected chi connectivity index (χ2v) is 22.5. The molecule has 0 aromatic heterocycles. The van der Waals surface area contributed by atoms with Crippen molar-refractivity contribution in [3.8, 4) is 0 Å². The minimum Gasteiger partial charge on any atom is -0.463 e. The van der Waals surface area contributed by atoms with Crippen molar-refractivity contribution in [3.63, 3.8) is 0 Å². The molecule has 0 heterocycles. The molecule has 0 aliphatic carbocycles. The molecule has 4 N–H and O–H groups in total. The summed E-state index contributed by atoms with van der Waals surface area (Å²) in [4.78, 5) is 17.2. The zero-order valence-electron chi connectivity index (χ0n) is 50.6. The van der Waals surface area contributed by atoms with E-state index >= 15 is 0 Å². The summed E-state index contributed by atoms with van der Waals surface area (Å²) in [6.45, 7) is 18.1. The SMILES string of the molecule is C/C=C/CN(C/C=C/C(=O)OCCCCCCCCCCCCCCC)CC(O)CN(CCCCCCCCCCCCCC)CCCCNCC(O)CNC/C=C/COCCCCCCCCCCCCCCC. The van der Waals surface area contributed by atoms with Gasteiger partial charge >= 0.3 is 5.97 Å². The van der Waals surface area contributed by atoms with E-state index in [0.717, 1.165) is 77.9 Å². The highest BCUT2D eigenvalue weighted by atomic mass is 16.5. The lowest BCUT2D eigenvalue weighted by atomic mass is 10.0. The summed E-state index contributed by atoms with van der Waals surface area (Å²) in [6, 6.07) is 0. The molecule has 0 saturated heterocycles. The van der Waals surface area contributed by atoms with E-state index in [9.17, 15) is 15.0 Å². The lowest BCUT2D eigenvalue weighted by Gasteiger charge is -2.28. The average molecular weight is 1060 g/mol. The second-order valence-electron chi connectivity index (χ2n) is 22.5. The minimum absolute atomic E-state index is 0.269. The van der Waals surface area contributed by atoms with Crippen LogP contribution >= 0.6 is 0 Å². The summed E-state index contributed by atoms with van der Waals surface area (Å²) < 4.78 is 11.3. The summed E-state index contributed by atoms with van der Waals surface area (Å²) in [5.74, 6) is -0.269. The molecule has 9 nitrogen and oxygen atoms in total. The molecule has 0 aliphatic heterocycles. The Morgan fingerprint density at radius 2 is 0.840 bits per heavy atom. The number of hydrogen-bond donors (Lipinski definition) is 4. The predicted octanol–water partition coefficient (Wildman–Crippen LogP) is 16.4. The Bertz CT molecular complexity index is 1200. The van der Waals surface area contributed by atoms with Gasteiger partial charge in [-0.25, -0.2) is 4.79 Å². The van der Waals surface area contributed by atoms with Gasteiger partial charge in [0.25, 0.3) is 0 Å². The first-order chi connectivity index (χ1) is 37.0. The van der Waals surface area contributed by atoms with Gasteiger partial charge in [0.2, 0.25) is 0 Å². The highest BCUT2D eigenvalue weighted by Gasteiger charge is 2.15. The molecule has 2 atom stereocenters. The van der Waals surface area contributed by atoms with Gasteiger partial charge in [0.15, 0.2) is 0 Å². The minimum atomic E-state index is -0.486. The smallest absolute Gasteiger partial charge is 0.330 e. The first kappa shape index (κ1) is 73.4. The van der Waals surface area contributed by atoms with Crippen LogP contribution in [0.1, 0.15) is 285 Å². The van der Waals surface area contributed by atoms with Gasteiger partial charge in [-0.3, -0.25) is 4.90 Å². The second kappa shape index (κ2) is 63.2. The number of nitrogens with one attached hydrogen (secondary N) is 2. The monoisotopic (exact) mass is 1060 g/mol. The zero-order valence-corrected chi connectivity index (χ0v) is 50.6. The molecule has 0 fully saturated rings. The Kier molecular flexibility index (Phi) is 61.9. The molecule has 2 unspecified atom stereocenters. The molecule has 9 heteroatoms. The number of allylic oxidation sites excluding steroid dienone is 1. The van der Waals surface area contributed by atoms with Gasteiger partial charge < -0.3 is 35.2 Å². The summed E-state index contributed by atoms with van der Waals surface area (Å²) in [5.41, 5.74) is 0. The van der Waals surface area contributed by atoms with E-state index in [-0.39, 0.29) is 5.97 Å². The van der Waals surface area contributed by atoms with Gasteiger partial charge in [-0.15, -0.1) is 0 Å². The van der Waals surface area contributed by atoms with Crippen molar-refractivity contribution in [2.45, 2.75) is 297 Å². The summed E-state index contributed by atoms with van der Waals surface area (Å²) in [7, 11) is 0. The van der Waals surface area contributed by atoms with Crippen molar-refractivity contribution < 1.29 is 24.5 Å². The van der Waals surface area contributed by atoms with E-state index in [1.807, 2.05) is 19.1 Å². The van der Waals surface area contributed by atoms with Crippen molar-refractivity contribution in [2.75, 3.05) is 85.3 Å². The third kappa shape index (κ3) is 59.9. The Labute approximate surface area is 467 Å². The van der Waals surface area contributed by atoms with Crippen LogP contribution in [0.3, 0.4) is 0 Å². The largest absolute Gasteiger partial charge is 0.463 e. The molecule has 0 aromatic carbocycles. The maximum absolute atomic E-state index is 12.5. The molecule has 0 aromatic rings. The molecule has 0 radical (unpaired) electrons. The lowest BCUT2D eigenvalue weighted by Crippen LogP contribution is -2.41. The number of hydrogen-bond acceptors (Lipinski definition) is 9.